The second-order valence-electron chi connectivity index (χ2n) is 4.43. The number of thiazole rings is 1. The van der Waals surface area contributed by atoms with Gasteiger partial charge in [0.25, 0.3) is 0 Å². The molecule has 0 aromatic carbocycles. The summed E-state index contributed by atoms with van der Waals surface area (Å²) in [7, 11) is 0. The quantitative estimate of drug-likeness (QED) is 0.743. The van der Waals surface area contributed by atoms with Crippen LogP contribution in [0.15, 0.2) is 32.9 Å². The lowest BCUT2D eigenvalue weighted by atomic mass is 10.4. The summed E-state index contributed by atoms with van der Waals surface area (Å²) in [5, 5.41) is 15.7. The monoisotopic (exact) mass is 303 g/mol. The minimum absolute atomic E-state index is 0.732. The van der Waals surface area contributed by atoms with E-state index in [2.05, 4.69) is 20.3 Å². The molecule has 102 valence electrons. The van der Waals surface area contributed by atoms with Crippen molar-refractivity contribution in [1.82, 2.24) is 25.0 Å². The maximum Gasteiger partial charge on any atom is 0.175 e. The standard InChI is InChI=1S/C13H13N5S2/c1-8-6-10(3)18(17-8)11-4-5-12(16-15-11)20-13-14-9(2)7-19-13/h4-7H,1-3H3. The number of aryl methyl sites for hydroxylation is 3. The Morgan fingerprint density at radius 3 is 2.50 bits per heavy atom. The molecular weight excluding hydrogens is 290 g/mol. The van der Waals surface area contributed by atoms with Gasteiger partial charge in [-0.3, -0.25) is 0 Å². The maximum atomic E-state index is 4.40. The highest BCUT2D eigenvalue weighted by Crippen LogP contribution is 2.28. The smallest absolute Gasteiger partial charge is 0.175 e. The van der Waals surface area contributed by atoms with Crippen molar-refractivity contribution >= 4 is 23.1 Å². The Hall–Kier alpha value is -1.73. The van der Waals surface area contributed by atoms with Crippen LogP contribution in [0.2, 0.25) is 0 Å². The number of rotatable bonds is 3. The zero-order valence-electron chi connectivity index (χ0n) is 11.4. The summed E-state index contributed by atoms with van der Waals surface area (Å²) in [6.45, 7) is 5.95. The molecule has 0 spiro atoms. The van der Waals surface area contributed by atoms with Crippen LogP contribution >= 0.6 is 23.1 Å². The molecule has 3 heterocycles. The summed E-state index contributed by atoms with van der Waals surface area (Å²) >= 11 is 3.14. The Balaban J connectivity index is 1.82. The molecule has 0 bridgehead atoms. The number of aromatic nitrogens is 5. The summed E-state index contributed by atoms with van der Waals surface area (Å²) < 4.78 is 2.78. The van der Waals surface area contributed by atoms with Gasteiger partial charge in [0, 0.05) is 16.8 Å². The van der Waals surface area contributed by atoms with Crippen LogP contribution in [0.4, 0.5) is 0 Å². The highest BCUT2D eigenvalue weighted by Gasteiger charge is 2.07. The molecule has 0 aliphatic rings. The van der Waals surface area contributed by atoms with Gasteiger partial charge in [-0.25, -0.2) is 9.67 Å². The molecule has 0 fully saturated rings. The van der Waals surface area contributed by atoms with Gasteiger partial charge in [-0.15, -0.1) is 21.5 Å². The molecular formula is C13H13N5S2. The summed E-state index contributed by atoms with van der Waals surface area (Å²) in [5.74, 6) is 0.732. The first kappa shape index (κ1) is 13.3. The largest absolute Gasteiger partial charge is 0.235 e. The van der Waals surface area contributed by atoms with Gasteiger partial charge >= 0.3 is 0 Å². The zero-order chi connectivity index (χ0) is 14.1. The SMILES string of the molecule is Cc1csc(Sc2ccc(-n3nc(C)cc3C)nn2)n1. The van der Waals surface area contributed by atoms with Gasteiger partial charge in [-0.05, 0) is 50.7 Å². The van der Waals surface area contributed by atoms with E-state index in [4.69, 9.17) is 0 Å². The van der Waals surface area contributed by atoms with Crippen LogP contribution in [0.1, 0.15) is 17.1 Å². The number of hydrogen-bond acceptors (Lipinski definition) is 6. The molecule has 0 saturated carbocycles. The first-order valence-electron chi connectivity index (χ1n) is 6.09. The summed E-state index contributed by atoms with van der Waals surface area (Å²) in [5.41, 5.74) is 3.05. The van der Waals surface area contributed by atoms with E-state index in [1.54, 1.807) is 16.0 Å². The topological polar surface area (TPSA) is 56.5 Å². The molecule has 3 aromatic heterocycles. The summed E-state index contributed by atoms with van der Waals surface area (Å²) in [6.07, 6.45) is 0. The summed E-state index contributed by atoms with van der Waals surface area (Å²) in [4.78, 5) is 4.40. The lowest BCUT2D eigenvalue weighted by molar-refractivity contribution is 0.765. The fourth-order valence-electron chi connectivity index (χ4n) is 1.81. The van der Waals surface area contributed by atoms with E-state index in [-0.39, 0.29) is 0 Å². The number of nitrogens with zero attached hydrogens (tertiary/aromatic N) is 5. The molecule has 20 heavy (non-hydrogen) atoms. The van der Waals surface area contributed by atoms with Gasteiger partial charge in [0.2, 0.25) is 0 Å². The first-order chi connectivity index (χ1) is 9.61. The molecule has 0 atom stereocenters. The lowest BCUT2D eigenvalue weighted by Crippen LogP contribution is -2.03. The van der Waals surface area contributed by atoms with Gasteiger partial charge in [-0.2, -0.15) is 5.10 Å². The molecule has 3 rings (SSSR count). The average Bonchev–Trinajstić information content (AvgIpc) is 2.96. The molecule has 3 aromatic rings. The molecule has 0 radical (unpaired) electrons. The fourth-order valence-corrected chi connectivity index (χ4v) is 3.51. The second-order valence-corrected chi connectivity index (χ2v) is 6.55. The minimum Gasteiger partial charge on any atom is -0.235 e. The van der Waals surface area contributed by atoms with Crippen LogP contribution in [-0.4, -0.2) is 25.0 Å². The Morgan fingerprint density at radius 1 is 1.10 bits per heavy atom. The van der Waals surface area contributed by atoms with Crippen molar-refractivity contribution < 1.29 is 0 Å². The van der Waals surface area contributed by atoms with E-state index in [1.807, 2.05) is 44.4 Å². The Bertz CT molecular complexity index is 730. The highest BCUT2D eigenvalue weighted by atomic mass is 32.2. The van der Waals surface area contributed by atoms with Crippen molar-refractivity contribution in [2.45, 2.75) is 30.1 Å². The van der Waals surface area contributed by atoms with Crippen molar-refractivity contribution in [1.29, 1.82) is 0 Å². The summed E-state index contributed by atoms with van der Waals surface area (Å²) in [6, 6.07) is 5.89. The molecule has 0 saturated heterocycles. The Morgan fingerprint density at radius 2 is 1.95 bits per heavy atom. The normalized spacial score (nSPS) is 10.9. The van der Waals surface area contributed by atoms with Gasteiger partial charge < -0.3 is 0 Å². The minimum atomic E-state index is 0.732. The number of hydrogen-bond donors (Lipinski definition) is 0. The third-order valence-corrected chi connectivity index (χ3v) is 4.63. The maximum absolute atomic E-state index is 4.40. The molecule has 5 nitrogen and oxygen atoms in total. The van der Waals surface area contributed by atoms with Gasteiger partial charge in [0.15, 0.2) is 10.2 Å². The third kappa shape index (κ3) is 2.73. The van der Waals surface area contributed by atoms with Crippen LogP contribution in [0, 0.1) is 20.8 Å². The van der Waals surface area contributed by atoms with E-state index in [0.717, 1.165) is 32.3 Å². The van der Waals surface area contributed by atoms with E-state index in [9.17, 15) is 0 Å². The predicted octanol–water partition coefficient (Wildman–Crippen LogP) is 3.20. The van der Waals surface area contributed by atoms with E-state index in [0.29, 0.717) is 0 Å². The van der Waals surface area contributed by atoms with Gasteiger partial charge in [0.1, 0.15) is 5.03 Å². The second kappa shape index (κ2) is 5.34. The van der Waals surface area contributed by atoms with Gasteiger partial charge in [-0.1, -0.05) is 0 Å². The predicted molar refractivity (Wildman–Crippen MR) is 79.6 cm³/mol. The van der Waals surface area contributed by atoms with Crippen LogP contribution in [0.25, 0.3) is 5.82 Å². The fraction of sp³-hybridized carbons (Fsp3) is 0.231. The first-order valence-corrected chi connectivity index (χ1v) is 7.79. The molecule has 0 aliphatic carbocycles. The van der Waals surface area contributed by atoms with E-state index < -0.39 is 0 Å². The van der Waals surface area contributed by atoms with Crippen molar-refractivity contribution in [2.75, 3.05) is 0 Å². The van der Waals surface area contributed by atoms with Crippen LogP contribution in [0.5, 0.6) is 0 Å². The van der Waals surface area contributed by atoms with Crippen molar-refractivity contribution in [3.63, 3.8) is 0 Å². The molecule has 0 aliphatic heterocycles. The highest BCUT2D eigenvalue weighted by molar-refractivity contribution is 8.00. The van der Waals surface area contributed by atoms with Crippen molar-refractivity contribution in [3.05, 3.63) is 40.7 Å². The molecule has 0 amide bonds. The van der Waals surface area contributed by atoms with E-state index >= 15 is 0 Å². The van der Waals surface area contributed by atoms with Gasteiger partial charge in [0.05, 0.1) is 5.69 Å². The molecule has 7 heteroatoms. The van der Waals surface area contributed by atoms with E-state index in [1.165, 1.54) is 11.8 Å². The average molecular weight is 303 g/mol. The van der Waals surface area contributed by atoms with Crippen LogP contribution < -0.4 is 0 Å². The van der Waals surface area contributed by atoms with Crippen LogP contribution in [0.3, 0.4) is 0 Å². The Kier molecular flexibility index (Phi) is 3.54. The zero-order valence-corrected chi connectivity index (χ0v) is 13.0. The van der Waals surface area contributed by atoms with Crippen molar-refractivity contribution in [3.8, 4) is 5.82 Å². The molecule has 0 N–H and O–H groups in total. The third-order valence-electron chi connectivity index (χ3n) is 2.64. The van der Waals surface area contributed by atoms with Crippen molar-refractivity contribution in [2.24, 2.45) is 0 Å². The van der Waals surface area contributed by atoms with Crippen LogP contribution in [-0.2, 0) is 0 Å². The molecule has 0 unspecified atom stereocenters. The lowest BCUT2D eigenvalue weighted by Gasteiger charge is -2.02. The Labute approximate surface area is 125 Å².